The molecule has 4 heteroatoms. The highest BCUT2D eigenvalue weighted by Gasteiger charge is 2.34. The molecule has 1 aliphatic carbocycles. The highest BCUT2D eigenvalue weighted by Crippen LogP contribution is 2.39. The summed E-state index contributed by atoms with van der Waals surface area (Å²) in [5.74, 6) is -8.37. The highest BCUT2D eigenvalue weighted by atomic mass is 16.5. The first-order valence-corrected chi connectivity index (χ1v) is 8.62. The van der Waals surface area contributed by atoms with Crippen molar-refractivity contribution in [3.63, 3.8) is 0 Å². The summed E-state index contributed by atoms with van der Waals surface area (Å²) in [6.07, 6.45) is -9.01. The van der Waals surface area contributed by atoms with E-state index < -0.39 is 88.3 Å². The third-order valence-corrected chi connectivity index (χ3v) is 4.62. The summed E-state index contributed by atoms with van der Waals surface area (Å²) >= 11 is 0. The number of benzene rings is 2. The molecule has 0 radical (unpaired) electrons. The summed E-state index contributed by atoms with van der Waals surface area (Å²) in [5, 5.41) is 0. The highest BCUT2D eigenvalue weighted by molar-refractivity contribution is 6.02. The minimum absolute atomic E-state index is 0.0700. The van der Waals surface area contributed by atoms with Crippen LogP contribution in [0.1, 0.15) is 62.6 Å². The lowest BCUT2D eigenvalue weighted by Gasteiger charge is -2.32. The standard InChI is InChI=1S/C24H29NO3/c1-27-22-14-19-13-20(24(26)21(19)15-23(22)28-2)12-17-8-10-25(11-9-17)16-18-6-4-3-5-7-18/h3-7,14-15,17,20H,8-13,16H2,1-2H3/i1D3,2D3,8D2,9D2,10D2,11D2,17D,20D. The SMILES string of the molecule is [2H]C([2H])([2H])Oc1cc2c(cc1OC([2H])([2H])[2H])C(=O)C([2H])(CC1([2H])C([2H])([2H])C([2H])([2H])N(Cc3ccccc3)C([2H])([2H])C1([2H])[2H])C2. The van der Waals surface area contributed by atoms with E-state index in [4.69, 9.17) is 31.4 Å². The second-order valence-corrected chi connectivity index (χ2v) is 6.47. The Morgan fingerprint density at radius 3 is 2.57 bits per heavy atom. The topological polar surface area (TPSA) is 38.8 Å². The number of carbonyl (C=O) groups is 1. The molecule has 0 amide bonds. The molecule has 1 fully saturated rings. The van der Waals surface area contributed by atoms with E-state index in [1.165, 1.54) is 12.1 Å². The lowest BCUT2D eigenvalue weighted by atomic mass is 9.85. The van der Waals surface area contributed by atoms with Gasteiger partial charge in [0.2, 0.25) is 0 Å². The molecule has 1 unspecified atom stereocenters. The Bertz CT molecular complexity index is 1410. The number of methoxy groups -OCH3 is 2. The third-order valence-electron chi connectivity index (χ3n) is 4.62. The lowest BCUT2D eigenvalue weighted by Crippen LogP contribution is -2.34. The first-order valence-electron chi connectivity index (χ1n) is 16.6. The maximum absolute atomic E-state index is 13.6. The van der Waals surface area contributed by atoms with Crippen LogP contribution in [0, 0.1) is 11.8 Å². The smallest absolute Gasteiger partial charge is 0.166 e. The third kappa shape index (κ3) is 3.93. The van der Waals surface area contributed by atoms with Crippen molar-refractivity contribution in [1.29, 1.82) is 0 Å². The Kier molecular flexibility index (Phi) is 2.34. The van der Waals surface area contributed by atoms with Gasteiger partial charge in [0.05, 0.1) is 22.3 Å². The summed E-state index contributed by atoms with van der Waals surface area (Å²) in [4.78, 5) is 14.0. The van der Waals surface area contributed by atoms with Crippen LogP contribution in [0.4, 0.5) is 0 Å². The Balaban J connectivity index is 1.79. The van der Waals surface area contributed by atoms with Crippen molar-refractivity contribution in [3.8, 4) is 11.5 Å². The van der Waals surface area contributed by atoms with Gasteiger partial charge >= 0.3 is 0 Å². The lowest BCUT2D eigenvalue weighted by molar-refractivity contribution is 0.0895. The monoisotopic (exact) mass is 395 g/mol. The van der Waals surface area contributed by atoms with Crippen molar-refractivity contribution in [2.75, 3.05) is 27.1 Å². The molecule has 1 aliphatic heterocycles. The second-order valence-electron chi connectivity index (χ2n) is 6.47. The number of nitrogens with zero attached hydrogens (tertiary/aromatic N) is 1. The van der Waals surface area contributed by atoms with Crippen LogP contribution < -0.4 is 9.47 Å². The van der Waals surface area contributed by atoms with Gasteiger partial charge in [0.15, 0.2) is 17.3 Å². The van der Waals surface area contributed by atoms with Crippen LogP contribution in [0.25, 0.3) is 0 Å². The molecule has 2 aromatic carbocycles. The molecule has 28 heavy (non-hydrogen) atoms. The van der Waals surface area contributed by atoms with Gasteiger partial charge in [-0.15, -0.1) is 0 Å². The van der Waals surface area contributed by atoms with Crippen LogP contribution in [0.5, 0.6) is 11.5 Å². The number of rotatable bonds is 6. The Morgan fingerprint density at radius 1 is 1.14 bits per heavy atom. The number of piperidine rings is 1. The van der Waals surface area contributed by atoms with Crippen molar-refractivity contribution in [3.05, 3.63) is 59.2 Å². The maximum atomic E-state index is 13.6. The fraction of sp³-hybridized carbons (Fsp3) is 0.458. The Hall–Kier alpha value is -2.33. The minimum Gasteiger partial charge on any atom is -0.493 e. The van der Waals surface area contributed by atoms with E-state index in [1.807, 2.05) is 0 Å². The average Bonchev–Trinajstić information content (AvgIpc) is 3.08. The fourth-order valence-electron chi connectivity index (χ4n) is 3.24. The summed E-state index contributed by atoms with van der Waals surface area (Å²) in [7, 11) is -6.19. The molecule has 4 rings (SSSR count). The quantitative estimate of drug-likeness (QED) is 0.728. The van der Waals surface area contributed by atoms with E-state index in [9.17, 15) is 4.79 Å². The van der Waals surface area contributed by atoms with E-state index in [-0.39, 0.29) is 11.1 Å². The van der Waals surface area contributed by atoms with Gasteiger partial charge in [0.25, 0.3) is 0 Å². The molecule has 0 spiro atoms. The van der Waals surface area contributed by atoms with Gasteiger partial charge in [-0.25, -0.2) is 0 Å². The molecule has 0 N–H and O–H groups in total. The number of ketones is 1. The molecule has 1 saturated heterocycles. The van der Waals surface area contributed by atoms with Crippen LogP contribution in [-0.4, -0.2) is 37.8 Å². The Morgan fingerprint density at radius 2 is 1.86 bits per heavy atom. The number of ether oxygens (including phenoxy) is 2. The molecule has 1 heterocycles. The molecule has 0 bridgehead atoms. The molecular formula is C24H29NO3. The first-order chi connectivity index (χ1) is 19.7. The maximum Gasteiger partial charge on any atom is 0.166 e. The van der Waals surface area contributed by atoms with Gasteiger partial charge in [-0.3, -0.25) is 9.69 Å². The largest absolute Gasteiger partial charge is 0.493 e. The van der Waals surface area contributed by atoms with Crippen molar-refractivity contribution < 1.29 is 36.2 Å². The zero-order valence-corrected chi connectivity index (χ0v) is 14.8. The predicted octanol–water partition coefficient (Wildman–Crippen LogP) is 4.36. The summed E-state index contributed by atoms with van der Waals surface area (Å²) < 4.78 is 142. The van der Waals surface area contributed by atoms with E-state index in [2.05, 4.69) is 0 Å². The molecule has 2 aromatic rings. The van der Waals surface area contributed by atoms with Gasteiger partial charge in [-0.05, 0) is 67.7 Å². The van der Waals surface area contributed by atoms with E-state index in [1.54, 1.807) is 18.2 Å². The van der Waals surface area contributed by atoms with Crippen molar-refractivity contribution in [1.82, 2.24) is 4.90 Å². The zero-order valence-electron chi connectivity index (χ0n) is 30.8. The van der Waals surface area contributed by atoms with Crippen molar-refractivity contribution in [2.24, 2.45) is 11.8 Å². The molecule has 148 valence electrons. The number of likely N-dealkylation sites (tertiary alicyclic amines) is 1. The minimum atomic E-state index is -3.52. The first kappa shape index (κ1) is 7.83. The van der Waals surface area contributed by atoms with Gasteiger partial charge in [-0.1, -0.05) is 30.3 Å². The second kappa shape index (κ2) is 8.36. The molecule has 0 saturated carbocycles. The van der Waals surface area contributed by atoms with Crippen molar-refractivity contribution >= 4 is 5.78 Å². The van der Waals surface area contributed by atoms with E-state index in [0.29, 0.717) is 10.5 Å². The van der Waals surface area contributed by atoms with Crippen LogP contribution in [0.3, 0.4) is 0 Å². The number of hydrogen-bond donors (Lipinski definition) is 0. The Labute approximate surface area is 189 Å². The van der Waals surface area contributed by atoms with Gasteiger partial charge < -0.3 is 9.47 Å². The van der Waals surface area contributed by atoms with Gasteiger partial charge in [0.1, 0.15) is 0 Å². The van der Waals surface area contributed by atoms with Crippen LogP contribution in [0.2, 0.25) is 0 Å². The number of fused-ring (bicyclic) bond motifs is 1. The molecule has 4 nitrogen and oxygen atoms in total. The summed E-state index contributed by atoms with van der Waals surface area (Å²) in [6.45, 7) is -7.22. The van der Waals surface area contributed by atoms with E-state index in [0.717, 1.165) is 12.1 Å². The van der Waals surface area contributed by atoms with Gasteiger partial charge in [0, 0.05) is 31.7 Å². The summed E-state index contributed by atoms with van der Waals surface area (Å²) in [6, 6.07) is 9.64. The van der Waals surface area contributed by atoms with Crippen LogP contribution in [-0.2, 0) is 13.0 Å². The number of carbonyl (C=O) groups excluding carboxylic acids is 1. The average molecular weight is 396 g/mol. The normalized spacial score (nSPS) is 40.5. The number of hydrogen-bond acceptors (Lipinski definition) is 4. The molecular weight excluding hydrogens is 350 g/mol. The zero-order chi connectivity index (χ0) is 33.5. The summed E-state index contributed by atoms with van der Waals surface area (Å²) in [5.41, 5.74) is -0.0818. The molecule has 1 atom stereocenters. The van der Waals surface area contributed by atoms with Gasteiger partial charge in [-0.2, -0.15) is 0 Å². The number of Topliss-reactive ketones (excluding diaryl/α,β-unsaturated/α-hetero) is 1. The van der Waals surface area contributed by atoms with Crippen LogP contribution >= 0.6 is 0 Å². The fourth-order valence-corrected chi connectivity index (χ4v) is 3.24. The molecule has 2 aliphatic rings. The van der Waals surface area contributed by atoms with Crippen molar-refractivity contribution in [2.45, 2.75) is 32.1 Å². The molecule has 0 aromatic heterocycles. The van der Waals surface area contributed by atoms with E-state index >= 15 is 0 Å². The van der Waals surface area contributed by atoms with Crippen LogP contribution in [0.15, 0.2) is 42.5 Å². The predicted molar refractivity (Wildman–Crippen MR) is 110 cm³/mol.